The number of carbonyl (C=O) groups is 1. The third-order valence-corrected chi connectivity index (χ3v) is 5.46. The standard InChI is InChI=1S/C22H18N2O2S/c1-14-11-12-15(22-24-17-8-4-6-10-20(17)27-22)13-18(14)23-21(25)16-7-3-5-9-19(16)26-2/h3-13H,1-2H3,(H,23,25). The maximum atomic E-state index is 12.7. The van der Waals surface area contributed by atoms with Gasteiger partial charge in [0.15, 0.2) is 0 Å². The van der Waals surface area contributed by atoms with Gasteiger partial charge >= 0.3 is 0 Å². The molecule has 1 N–H and O–H groups in total. The molecular formula is C22H18N2O2S. The van der Waals surface area contributed by atoms with Crippen molar-refractivity contribution in [2.24, 2.45) is 0 Å². The summed E-state index contributed by atoms with van der Waals surface area (Å²) in [6.07, 6.45) is 0. The van der Waals surface area contributed by atoms with Gasteiger partial charge in [0.2, 0.25) is 0 Å². The van der Waals surface area contributed by atoms with E-state index in [1.165, 1.54) is 0 Å². The van der Waals surface area contributed by atoms with Crippen LogP contribution < -0.4 is 10.1 Å². The summed E-state index contributed by atoms with van der Waals surface area (Å²) < 4.78 is 6.44. The zero-order chi connectivity index (χ0) is 18.8. The summed E-state index contributed by atoms with van der Waals surface area (Å²) in [5.74, 6) is 0.354. The highest BCUT2D eigenvalue weighted by molar-refractivity contribution is 7.21. The first kappa shape index (κ1) is 17.2. The molecule has 5 heteroatoms. The van der Waals surface area contributed by atoms with E-state index in [0.717, 1.165) is 32.0 Å². The maximum absolute atomic E-state index is 12.7. The van der Waals surface area contributed by atoms with Gasteiger partial charge in [-0.15, -0.1) is 11.3 Å². The van der Waals surface area contributed by atoms with Crippen LogP contribution in [0.15, 0.2) is 66.7 Å². The van der Waals surface area contributed by atoms with Crippen LogP contribution in [0.5, 0.6) is 5.75 Å². The minimum absolute atomic E-state index is 0.197. The SMILES string of the molecule is COc1ccccc1C(=O)Nc1cc(-c2nc3ccccc3s2)ccc1C. The number of hydrogen-bond donors (Lipinski definition) is 1. The Morgan fingerprint density at radius 1 is 1.04 bits per heavy atom. The Labute approximate surface area is 161 Å². The molecule has 0 unspecified atom stereocenters. The van der Waals surface area contributed by atoms with Crippen LogP contribution in [0.4, 0.5) is 5.69 Å². The van der Waals surface area contributed by atoms with Gasteiger partial charge < -0.3 is 10.1 Å². The molecule has 1 aromatic heterocycles. The smallest absolute Gasteiger partial charge is 0.259 e. The van der Waals surface area contributed by atoms with Gasteiger partial charge in [-0.1, -0.05) is 36.4 Å². The molecule has 0 atom stereocenters. The fourth-order valence-corrected chi connectivity index (χ4v) is 3.87. The van der Waals surface area contributed by atoms with Crippen LogP contribution in [0.3, 0.4) is 0 Å². The zero-order valence-electron chi connectivity index (χ0n) is 15.0. The van der Waals surface area contributed by atoms with Crippen LogP contribution in [-0.4, -0.2) is 18.0 Å². The lowest BCUT2D eigenvalue weighted by Crippen LogP contribution is -2.14. The molecule has 4 rings (SSSR count). The van der Waals surface area contributed by atoms with Crippen molar-refractivity contribution in [2.45, 2.75) is 6.92 Å². The number of benzene rings is 3. The summed E-state index contributed by atoms with van der Waals surface area (Å²) in [7, 11) is 1.56. The van der Waals surface area contributed by atoms with Crippen LogP contribution in [-0.2, 0) is 0 Å². The molecule has 0 fully saturated rings. The fourth-order valence-electron chi connectivity index (χ4n) is 2.91. The number of aryl methyl sites for hydroxylation is 1. The van der Waals surface area contributed by atoms with E-state index in [-0.39, 0.29) is 5.91 Å². The van der Waals surface area contributed by atoms with Crippen molar-refractivity contribution in [3.8, 4) is 16.3 Å². The number of para-hydroxylation sites is 2. The van der Waals surface area contributed by atoms with Crippen molar-refractivity contribution >= 4 is 33.1 Å². The molecule has 4 nitrogen and oxygen atoms in total. The summed E-state index contributed by atoms with van der Waals surface area (Å²) >= 11 is 1.64. The monoisotopic (exact) mass is 374 g/mol. The third kappa shape index (κ3) is 3.41. The van der Waals surface area contributed by atoms with E-state index in [2.05, 4.69) is 11.4 Å². The van der Waals surface area contributed by atoms with Crippen LogP contribution in [0.25, 0.3) is 20.8 Å². The van der Waals surface area contributed by atoms with E-state index in [9.17, 15) is 4.79 Å². The Kier molecular flexibility index (Phi) is 4.60. The van der Waals surface area contributed by atoms with Crippen molar-refractivity contribution in [1.29, 1.82) is 0 Å². The first-order valence-electron chi connectivity index (χ1n) is 8.56. The van der Waals surface area contributed by atoms with E-state index in [1.54, 1.807) is 30.6 Å². The average Bonchev–Trinajstić information content (AvgIpc) is 3.13. The molecule has 1 heterocycles. The Hall–Kier alpha value is -3.18. The molecule has 0 aliphatic carbocycles. The molecule has 3 aromatic carbocycles. The normalized spacial score (nSPS) is 10.7. The largest absolute Gasteiger partial charge is 0.496 e. The summed E-state index contributed by atoms with van der Waals surface area (Å²) in [5.41, 5.74) is 4.23. The quantitative estimate of drug-likeness (QED) is 0.511. The molecule has 0 spiro atoms. The number of fused-ring (bicyclic) bond motifs is 1. The van der Waals surface area contributed by atoms with Gasteiger partial charge in [-0.3, -0.25) is 4.79 Å². The number of aromatic nitrogens is 1. The highest BCUT2D eigenvalue weighted by Crippen LogP contribution is 2.32. The van der Waals surface area contributed by atoms with Crippen LogP contribution in [0, 0.1) is 6.92 Å². The molecule has 27 heavy (non-hydrogen) atoms. The Morgan fingerprint density at radius 3 is 2.63 bits per heavy atom. The fraction of sp³-hybridized carbons (Fsp3) is 0.0909. The predicted octanol–water partition coefficient (Wildman–Crippen LogP) is 5.53. The lowest BCUT2D eigenvalue weighted by Gasteiger charge is -2.12. The molecule has 0 aliphatic rings. The van der Waals surface area contributed by atoms with E-state index in [0.29, 0.717) is 11.3 Å². The number of thiazole rings is 1. The molecule has 0 radical (unpaired) electrons. The van der Waals surface area contributed by atoms with Gasteiger partial charge in [0.25, 0.3) is 5.91 Å². The van der Waals surface area contributed by atoms with Gasteiger partial charge in [0.05, 0.1) is 22.9 Å². The average molecular weight is 374 g/mol. The van der Waals surface area contributed by atoms with Gasteiger partial charge in [-0.2, -0.15) is 0 Å². The summed E-state index contributed by atoms with van der Waals surface area (Å²) in [4.78, 5) is 17.4. The molecule has 134 valence electrons. The Balaban J connectivity index is 1.67. The number of carbonyl (C=O) groups excluding carboxylic acids is 1. The lowest BCUT2D eigenvalue weighted by atomic mass is 10.1. The molecular weight excluding hydrogens is 356 g/mol. The first-order chi connectivity index (χ1) is 13.2. The third-order valence-electron chi connectivity index (χ3n) is 4.38. The maximum Gasteiger partial charge on any atom is 0.259 e. The second kappa shape index (κ2) is 7.21. The van der Waals surface area contributed by atoms with Crippen molar-refractivity contribution < 1.29 is 9.53 Å². The number of rotatable bonds is 4. The molecule has 0 aliphatic heterocycles. The Bertz CT molecular complexity index is 1100. The first-order valence-corrected chi connectivity index (χ1v) is 9.38. The number of ether oxygens (including phenoxy) is 1. The molecule has 0 saturated carbocycles. The number of amides is 1. The topological polar surface area (TPSA) is 51.2 Å². The Morgan fingerprint density at radius 2 is 1.81 bits per heavy atom. The number of nitrogens with zero attached hydrogens (tertiary/aromatic N) is 1. The second-order valence-electron chi connectivity index (χ2n) is 6.17. The minimum atomic E-state index is -0.197. The molecule has 4 aromatic rings. The van der Waals surface area contributed by atoms with Gasteiger partial charge in [-0.25, -0.2) is 4.98 Å². The zero-order valence-corrected chi connectivity index (χ0v) is 15.8. The molecule has 0 bridgehead atoms. The van der Waals surface area contributed by atoms with Crippen molar-refractivity contribution in [1.82, 2.24) is 4.98 Å². The molecule has 1 amide bonds. The van der Waals surface area contributed by atoms with Crippen LogP contribution in [0.2, 0.25) is 0 Å². The number of nitrogens with one attached hydrogen (secondary N) is 1. The van der Waals surface area contributed by atoms with Crippen molar-refractivity contribution in [2.75, 3.05) is 12.4 Å². The highest BCUT2D eigenvalue weighted by atomic mass is 32.1. The minimum Gasteiger partial charge on any atom is -0.496 e. The predicted molar refractivity (Wildman–Crippen MR) is 111 cm³/mol. The van der Waals surface area contributed by atoms with Gasteiger partial charge in [0.1, 0.15) is 10.8 Å². The number of hydrogen-bond acceptors (Lipinski definition) is 4. The summed E-state index contributed by atoms with van der Waals surface area (Å²) in [5, 5.41) is 3.94. The van der Waals surface area contributed by atoms with Crippen LogP contribution in [0.1, 0.15) is 15.9 Å². The van der Waals surface area contributed by atoms with Crippen molar-refractivity contribution in [3.05, 3.63) is 77.9 Å². The van der Waals surface area contributed by atoms with Crippen molar-refractivity contribution in [3.63, 3.8) is 0 Å². The number of methoxy groups -OCH3 is 1. The van der Waals surface area contributed by atoms with Gasteiger partial charge in [-0.05, 0) is 42.8 Å². The summed E-state index contributed by atoms with van der Waals surface area (Å²) in [6.45, 7) is 1.97. The van der Waals surface area contributed by atoms with E-state index >= 15 is 0 Å². The van der Waals surface area contributed by atoms with E-state index in [4.69, 9.17) is 9.72 Å². The lowest BCUT2D eigenvalue weighted by molar-refractivity contribution is 0.102. The summed E-state index contributed by atoms with van der Waals surface area (Å²) in [6, 6.07) is 21.3. The van der Waals surface area contributed by atoms with E-state index < -0.39 is 0 Å². The molecule has 0 saturated heterocycles. The highest BCUT2D eigenvalue weighted by Gasteiger charge is 2.14. The second-order valence-corrected chi connectivity index (χ2v) is 7.20. The van der Waals surface area contributed by atoms with Gasteiger partial charge in [0, 0.05) is 11.3 Å². The van der Waals surface area contributed by atoms with E-state index in [1.807, 2.05) is 55.5 Å². The van der Waals surface area contributed by atoms with Crippen LogP contribution >= 0.6 is 11.3 Å². The number of anilines is 1.